The van der Waals surface area contributed by atoms with E-state index in [2.05, 4.69) is 20.8 Å². The third-order valence-corrected chi connectivity index (χ3v) is 6.07. The number of tetrazole rings is 1. The van der Waals surface area contributed by atoms with Crippen LogP contribution in [0.2, 0.25) is 0 Å². The highest BCUT2D eigenvalue weighted by atomic mass is 32.2. The largest absolute Gasteiger partial charge is 0.351 e. The molecule has 0 spiro atoms. The summed E-state index contributed by atoms with van der Waals surface area (Å²) in [5.41, 5.74) is 1.57. The van der Waals surface area contributed by atoms with E-state index in [-0.39, 0.29) is 17.3 Å². The van der Waals surface area contributed by atoms with Crippen LogP contribution in [0.15, 0.2) is 64.6 Å². The van der Waals surface area contributed by atoms with Crippen molar-refractivity contribution >= 4 is 27.7 Å². The Labute approximate surface area is 166 Å². The highest BCUT2D eigenvalue weighted by Gasteiger charge is 2.24. The van der Waals surface area contributed by atoms with E-state index >= 15 is 0 Å². The molecule has 28 heavy (non-hydrogen) atoms. The van der Waals surface area contributed by atoms with E-state index < -0.39 is 15.3 Å². The standard InChI is InChI=1S/C17H18N6O3S2/c1-23-17(20-21-22-23)27-15(13-5-3-2-4-6-13)16(24)19-11-12-7-9-14(10-8-12)28(18,25)26/h2-10,15H,11H2,1H3,(H,19,24)(H2,18,25,26)/t15-/m0/s1. The van der Waals surface area contributed by atoms with Gasteiger partial charge in [-0.2, -0.15) is 0 Å². The van der Waals surface area contributed by atoms with Crippen LogP contribution in [0, 0.1) is 0 Å². The maximum absolute atomic E-state index is 12.9. The number of benzene rings is 2. The molecule has 0 unspecified atom stereocenters. The van der Waals surface area contributed by atoms with Crippen molar-refractivity contribution in [2.45, 2.75) is 21.8 Å². The normalized spacial score (nSPS) is 12.5. The molecule has 11 heteroatoms. The first-order valence-corrected chi connectivity index (χ1v) is 10.6. The van der Waals surface area contributed by atoms with Gasteiger partial charge in [0.1, 0.15) is 5.25 Å². The lowest BCUT2D eigenvalue weighted by Gasteiger charge is -2.16. The van der Waals surface area contributed by atoms with Crippen molar-refractivity contribution in [3.63, 3.8) is 0 Å². The Bertz CT molecular complexity index is 1050. The lowest BCUT2D eigenvalue weighted by molar-refractivity contribution is -0.120. The molecule has 3 N–H and O–H groups in total. The maximum Gasteiger partial charge on any atom is 0.238 e. The molecular weight excluding hydrogens is 400 g/mol. The molecule has 0 bridgehead atoms. The third-order valence-electron chi connectivity index (χ3n) is 3.86. The minimum Gasteiger partial charge on any atom is -0.351 e. The van der Waals surface area contributed by atoms with Crippen LogP contribution in [0.3, 0.4) is 0 Å². The summed E-state index contributed by atoms with van der Waals surface area (Å²) in [4.78, 5) is 12.9. The van der Waals surface area contributed by atoms with Gasteiger partial charge in [-0.1, -0.05) is 54.2 Å². The number of aryl methyl sites for hydroxylation is 1. The fraction of sp³-hybridized carbons (Fsp3) is 0.176. The number of nitrogens with zero attached hydrogens (tertiary/aromatic N) is 4. The zero-order valence-corrected chi connectivity index (χ0v) is 16.5. The lowest BCUT2D eigenvalue weighted by atomic mass is 10.1. The van der Waals surface area contributed by atoms with Gasteiger partial charge in [0.25, 0.3) is 0 Å². The summed E-state index contributed by atoms with van der Waals surface area (Å²) >= 11 is 1.24. The second-order valence-electron chi connectivity index (χ2n) is 5.90. The molecule has 146 valence electrons. The summed E-state index contributed by atoms with van der Waals surface area (Å²) in [5.74, 6) is -0.213. The molecule has 0 fully saturated rings. The first kappa shape index (κ1) is 20.0. The van der Waals surface area contributed by atoms with Crippen LogP contribution < -0.4 is 10.5 Å². The molecule has 0 aliphatic carbocycles. The van der Waals surface area contributed by atoms with Gasteiger partial charge in [0.2, 0.25) is 21.1 Å². The molecule has 0 saturated heterocycles. The molecule has 1 amide bonds. The van der Waals surface area contributed by atoms with Crippen LogP contribution >= 0.6 is 11.8 Å². The van der Waals surface area contributed by atoms with Gasteiger partial charge in [0, 0.05) is 13.6 Å². The highest BCUT2D eigenvalue weighted by Crippen LogP contribution is 2.33. The Morgan fingerprint density at radius 1 is 1.18 bits per heavy atom. The number of nitrogens with two attached hydrogens (primary N) is 1. The van der Waals surface area contributed by atoms with Crippen LogP contribution in [-0.4, -0.2) is 34.5 Å². The Balaban J connectivity index is 1.73. The third kappa shape index (κ3) is 4.94. The minimum absolute atomic E-state index is 0.0232. The summed E-state index contributed by atoms with van der Waals surface area (Å²) in [7, 11) is -2.04. The molecule has 0 radical (unpaired) electrons. The zero-order chi connectivity index (χ0) is 20.1. The Morgan fingerprint density at radius 3 is 2.43 bits per heavy atom. The van der Waals surface area contributed by atoms with Gasteiger partial charge in [-0.25, -0.2) is 18.2 Å². The maximum atomic E-state index is 12.9. The van der Waals surface area contributed by atoms with Crippen LogP contribution in [0.5, 0.6) is 0 Å². The van der Waals surface area contributed by atoms with E-state index in [1.807, 2.05) is 30.3 Å². The first-order chi connectivity index (χ1) is 13.3. The number of nitrogens with one attached hydrogen (secondary N) is 1. The van der Waals surface area contributed by atoms with Gasteiger partial charge in [-0.3, -0.25) is 4.79 Å². The molecule has 0 aliphatic rings. The minimum atomic E-state index is -3.75. The number of hydrogen-bond acceptors (Lipinski definition) is 7. The number of rotatable bonds is 7. The van der Waals surface area contributed by atoms with Crippen molar-refractivity contribution < 1.29 is 13.2 Å². The average molecular weight is 419 g/mol. The number of carbonyl (C=O) groups is 1. The topological polar surface area (TPSA) is 133 Å². The van der Waals surface area contributed by atoms with E-state index in [1.165, 1.54) is 28.6 Å². The Morgan fingerprint density at radius 2 is 1.86 bits per heavy atom. The predicted molar refractivity (Wildman–Crippen MR) is 103 cm³/mol. The van der Waals surface area contributed by atoms with Crippen molar-refractivity contribution in [2.24, 2.45) is 12.2 Å². The number of thioether (sulfide) groups is 1. The molecule has 1 aromatic heterocycles. The second kappa shape index (κ2) is 8.50. The molecule has 3 rings (SSSR count). The van der Waals surface area contributed by atoms with Gasteiger partial charge in [0.05, 0.1) is 4.90 Å². The predicted octanol–water partition coefficient (Wildman–Crippen LogP) is 1.01. The van der Waals surface area contributed by atoms with E-state index in [0.717, 1.165) is 11.1 Å². The van der Waals surface area contributed by atoms with E-state index in [4.69, 9.17) is 5.14 Å². The van der Waals surface area contributed by atoms with Crippen LogP contribution in [0.1, 0.15) is 16.4 Å². The number of aromatic nitrogens is 4. The van der Waals surface area contributed by atoms with Crippen LogP contribution in [0.25, 0.3) is 0 Å². The molecular formula is C17H18N6O3S2. The SMILES string of the molecule is Cn1nnnc1S[C@H](C(=O)NCc1ccc(S(N)(=O)=O)cc1)c1ccccc1. The quantitative estimate of drug-likeness (QED) is 0.547. The zero-order valence-electron chi connectivity index (χ0n) is 14.9. The van der Waals surface area contributed by atoms with Gasteiger partial charge < -0.3 is 5.32 Å². The molecule has 9 nitrogen and oxygen atoms in total. The summed E-state index contributed by atoms with van der Waals surface area (Å²) in [6, 6.07) is 15.4. The fourth-order valence-corrected chi connectivity index (χ4v) is 3.89. The van der Waals surface area contributed by atoms with E-state index in [9.17, 15) is 13.2 Å². The second-order valence-corrected chi connectivity index (χ2v) is 8.53. The lowest BCUT2D eigenvalue weighted by Crippen LogP contribution is -2.27. The monoisotopic (exact) mass is 418 g/mol. The first-order valence-electron chi connectivity index (χ1n) is 8.18. The fourth-order valence-electron chi connectivity index (χ4n) is 2.41. The van der Waals surface area contributed by atoms with Crippen molar-refractivity contribution in [3.8, 4) is 0 Å². The van der Waals surface area contributed by atoms with Gasteiger partial charge >= 0.3 is 0 Å². The highest BCUT2D eigenvalue weighted by molar-refractivity contribution is 8.00. The summed E-state index contributed by atoms with van der Waals surface area (Å²) in [6.45, 7) is 0.241. The smallest absolute Gasteiger partial charge is 0.238 e. The van der Waals surface area contributed by atoms with Crippen molar-refractivity contribution in [2.75, 3.05) is 0 Å². The summed E-state index contributed by atoms with van der Waals surface area (Å²) < 4.78 is 24.1. The molecule has 3 aromatic rings. The van der Waals surface area contributed by atoms with Gasteiger partial charge in [-0.15, -0.1) is 5.10 Å². The number of sulfonamides is 1. The summed E-state index contributed by atoms with van der Waals surface area (Å²) in [5, 5.41) is 19.2. The summed E-state index contributed by atoms with van der Waals surface area (Å²) in [6.07, 6.45) is 0. The van der Waals surface area contributed by atoms with E-state index in [0.29, 0.717) is 5.16 Å². The molecule has 2 aromatic carbocycles. The van der Waals surface area contributed by atoms with Gasteiger partial charge in [-0.05, 0) is 33.7 Å². The van der Waals surface area contributed by atoms with Crippen LogP contribution in [-0.2, 0) is 28.4 Å². The number of carbonyl (C=O) groups excluding carboxylic acids is 1. The van der Waals surface area contributed by atoms with Gasteiger partial charge in [0.15, 0.2) is 0 Å². The van der Waals surface area contributed by atoms with E-state index in [1.54, 1.807) is 19.2 Å². The number of hydrogen-bond donors (Lipinski definition) is 2. The number of primary sulfonamides is 1. The molecule has 0 aliphatic heterocycles. The number of amides is 1. The van der Waals surface area contributed by atoms with Crippen molar-refractivity contribution in [1.82, 2.24) is 25.5 Å². The average Bonchev–Trinajstić information content (AvgIpc) is 3.09. The van der Waals surface area contributed by atoms with Crippen LogP contribution in [0.4, 0.5) is 0 Å². The van der Waals surface area contributed by atoms with Crippen molar-refractivity contribution in [1.29, 1.82) is 0 Å². The molecule has 1 atom stereocenters. The Kier molecular flexibility index (Phi) is 6.07. The van der Waals surface area contributed by atoms with Crippen molar-refractivity contribution in [3.05, 3.63) is 65.7 Å². The molecule has 0 saturated carbocycles. The Hall–Kier alpha value is -2.76. The molecule has 1 heterocycles.